The number of hydrogen-bond donors (Lipinski definition) is 2. The molecule has 2 aromatic carbocycles. The van der Waals surface area contributed by atoms with Crippen molar-refractivity contribution >= 4 is 34.6 Å². The van der Waals surface area contributed by atoms with Crippen molar-refractivity contribution in [1.29, 1.82) is 0 Å². The first kappa shape index (κ1) is 15.6. The second-order valence-corrected chi connectivity index (χ2v) is 5.24. The maximum atomic E-state index is 11.0. The standard InChI is InChI=1S/C14H12Cl2N2O3/c15-10-3-1-9(2-4-10)14(19)8-17-12-6-5-11(16)7-13(12)18(20)21/h1-7,14,17,19H,8H2. The number of anilines is 1. The maximum Gasteiger partial charge on any atom is 0.293 e. The molecule has 1 atom stereocenters. The highest BCUT2D eigenvalue weighted by Gasteiger charge is 2.15. The van der Waals surface area contributed by atoms with Crippen LogP contribution in [0.2, 0.25) is 10.0 Å². The largest absolute Gasteiger partial charge is 0.387 e. The zero-order chi connectivity index (χ0) is 15.4. The molecular formula is C14H12Cl2N2O3. The summed E-state index contributed by atoms with van der Waals surface area (Å²) in [4.78, 5) is 10.4. The number of nitro benzene ring substituents is 1. The van der Waals surface area contributed by atoms with E-state index < -0.39 is 11.0 Å². The van der Waals surface area contributed by atoms with Crippen LogP contribution in [0.4, 0.5) is 11.4 Å². The molecule has 0 aliphatic carbocycles. The molecule has 7 heteroatoms. The summed E-state index contributed by atoms with van der Waals surface area (Å²) >= 11 is 11.5. The molecule has 0 saturated heterocycles. The van der Waals surface area contributed by atoms with E-state index in [0.29, 0.717) is 16.3 Å². The van der Waals surface area contributed by atoms with Gasteiger partial charge in [0.05, 0.1) is 11.0 Å². The summed E-state index contributed by atoms with van der Waals surface area (Å²) in [7, 11) is 0. The minimum atomic E-state index is -0.808. The van der Waals surface area contributed by atoms with Crippen LogP contribution in [0.25, 0.3) is 0 Å². The van der Waals surface area contributed by atoms with Crippen molar-refractivity contribution < 1.29 is 10.0 Å². The molecule has 2 N–H and O–H groups in total. The number of benzene rings is 2. The summed E-state index contributed by atoms with van der Waals surface area (Å²) in [6.45, 7) is 0.129. The number of halogens is 2. The average Bonchev–Trinajstić information content (AvgIpc) is 2.46. The monoisotopic (exact) mass is 326 g/mol. The Kier molecular flexibility index (Phi) is 5.01. The molecule has 0 fully saturated rings. The highest BCUT2D eigenvalue weighted by molar-refractivity contribution is 6.31. The van der Waals surface area contributed by atoms with Gasteiger partial charge in [0, 0.05) is 22.7 Å². The van der Waals surface area contributed by atoms with Gasteiger partial charge in [0.2, 0.25) is 0 Å². The Morgan fingerprint density at radius 3 is 2.38 bits per heavy atom. The van der Waals surface area contributed by atoms with E-state index in [-0.39, 0.29) is 17.3 Å². The molecule has 2 rings (SSSR count). The minimum Gasteiger partial charge on any atom is -0.387 e. The van der Waals surface area contributed by atoms with Crippen LogP contribution in [0.5, 0.6) is 0 Å². The van der Waals surface area contributed by atoms with Gasteiger partial charge in [-0.15, -0.1) is 0 Å². The SMILES string of the molecule is O=[N+]([O-])c1cc(Cl)ccc1NCC(O)c1ccc(Cl)cc1. The second-order valence-electron chi connectivity index (χ2n) is 4.37. The maximum absolute atomic E-state index is 11.0. The Hall–Kier alpha value is -1.82. The van der Waals surface area contributed by atoms with Crippen molar-refractivity contribution in [3.63, 3.8) is 0 Å². The van der Waals surface area contributed by atoms with Gasteiger partial charge in [0.25, 0.3) is 5.69 Å². The van der Waals surface area contributed by atoms with Gasteiger partial charge in [-0.05, 0) is 29.8 Å². The lowest BCUT2D eigenvalue weighted by Crippen LogP contribution is -2.13. The Labute approximate surface area is 131 Å². The summed E-state index contributed by atoms with van der Waals surface area (Å²) in [6, 6.07) is 11.1. The number of rotatable bonds is 5. The summed E-state index contributed by atoms with van der Waals surface area (Å²) in [6.07, 6.45) is -0.808. The lowest BCUT2D eigenvalue weighted by atomic mass is 10.1. The number of nitrogens with one attached hydrogen (secondary N) is 1. The fourth-order valence-electron chi connectivity index (χ4n) is 1.81. The molecule has 0 saturated carbocycles. The predicted octanol–water partition coefficient (Wildman–Crippen LogP) is 4.05. The van der Waals surface area contributed by atoms with E-state index in [2.05, 4.69) is 5.32 Å². The lowest BCUT2D eigenvalue weighted by molar-refractivity contribution is -0.383. The van der Waals surface area contributed by atoms with Crippen LogP contribution in [0.15, 0.2) is 42.5 Å². The first-order valence-corrected chi connectivity index (χ1v) is 6.84. The number of nitro groups is 1. The molecule has 0 bridgehead atoms. The van der Waals surface area contributed by atoms with Gasteiger partial charge >= 0.3 is 0 Å². The smallest absolute Gasteiger partial charge is 0.293 e. The van der Waals surface area contributed by atoms with Gasteiger partial charge in [-0.25, -0.2) is 0 Å². The molecule has 0 aromatic heterocycles. The highest BCUT2D eigenvalue weighted by atomic mass is 35.5. The zero-order valence-corrected chi connectivity index (χ0v) is 12.3. The Bertz CT molecular complexity index is 647. The summed E-state index contributed by atoms with van der Waals surface area (Å²) in [5.74, 6) is 0. The number of aliphatic hydroxyl groups is 1. The van der Waals surface area contributed by atoms with Gasteiger partial charge in [-0.1, -0.05) is 35.3 Å². The van der Waals surface area contributed by atoms with E-state index in [4.69, 9.17) is 23.2 Å². The van der Waals surface area contributed by atoms with Crippen molar-refractivity contribution in [2.75, 3.05) is 11.9 Å². The molecule has 2 aromatic rings. The Morgan fingerprint density at radius 2 is 1.76 bits per heavy atom. The van der Waals surface area contributed by atoms with Crippen LogP contribution in [0, 0.1) is 10.1 Å². The fourth-order valence-corrected chi connectivity index (χ4v) is 2.11. The minimum absolute atomic E-state index is 0.129. The van der Waals surface area contributed by atoms with E-state index in [9.17, 15) is 15.2 Å². The van der Waals surface area contributed by atoms with E-state index in [1.165, 1.54) is 12.1 Å². The van der Waals surface area contributed by atoms with Gasteiger partial charge in [0.1, 0.15) is 5.69 Å². The van der Waals surface area contributed by atoms with Gasteiger partial charge in [0.15, 0.2) is 0 Å². The summed E-state index contributed by atoms with van der Waals surface area (Å²) in [5, 5.41) is 24.7. The third-order valence-electron chi connectivity index (χ3n) is 2.90. The normalized spacial score (nSPS) is 12.0. The highest BCUT2D eigenvalue weighted by Crippen LogP contribution is 2.28. The number of aliphatic hydroxyl groups excluding tert-OH is 1. The van der Waals surface area contributed by atoms with Crippen molar-refractivity contribution in [3.05, 3.63) is 68.2 Å². The van der Waals surface area contributed by atoms with Gasteiger partial charge < -0.3 is 10.4 Å². The predicted molar refractivity (Wildman–Crippen MR) is 83.0 cm³/mol. The molecule has 0 radical (unpaired) electrons. The third kappa shape index (κ3) is 4.07. The number of hydrogen-bond acceptors (Lipinski definition) is 4. The first-order valence-electron chi connectivity index (χ1n) is 6.08. The Morgan fingerprint density at radius 1 is 1.14 bits per heavy atom. The second kappa shape index (κ2) is 6.76. The van der Waals surface area contributed by atoms with Crippen molar-refractivity contribution in [3.8, 4) is 0 Å². The molecule has 0 aliphatic heterocycles. The average molecular weight is 327 g/mol. The fraction of sp³-hybridized carbons (Fsp3) is 0.143. The van der Waals surface area contributed by atoms with Crippen molar-refractivity contribution in [1.82, 2.24) is 0 Å². The first-order chi connectivity index (χ1) is 9.97. The molecule has 0 heterocycles. The molecule has 5 nitrogen and oxygen atoms in total. The van der Waals surface area contributed by atoms with Crippen LogP contribution in [0.1, 0.15) is 11.7 Å². The summed E-state index contributed by atoms with van der Waals surface area (Å²) < 4.78 is 0. The van der Waals surface area contributed by atoms with Crippen molar-refractivity contribution in [2.24, 2.45) is 0 Å². The Balaban J connectivity index is 2.09. The third-order valence-corrected chi connectivity index (χ3v) is 3.38. The van der Waals surface area contributed by atoms with Crippen LogP contribution in [-0.2, 0) is 0 Å². The molecular weight excluding hydrogens is 315 g/mol. The lowest BCUT2D eigenvalue weighted by Gasteiger charge is -2.13. The van der Waals surface area contributed by atoms with E-state index in [1.807, 2.05) is 0 Å². The van der Waals surface area contributed by atoms with Crippen LogP contribution >= 0.6 is 23.2 Å². The molecule has 0 spiro atoms. The molecule has 0 amide bonds. The van der Waals surface area contributed by atoms with E-state index >= 15 is 0 Å². The molecule has 110 valence electrons. The summed E-state index contributed by atoms with van der Waals surface area (Å²) in [5.41, 5.74) is 0.840. The van der Waals surface area contributed by atoms with Crippen LogP contribution in [0.3, 0.4) is 0 Å². The van der Waals surface area contributed by atoms with E-state index in [1.54, 1.807) is 30.3 Å². The quantitative estimate of drug-likeness (QED) is 0.642. The van der Waals surface area contributed by atoms with Crippen LogP contribution < -0.4 is 5.32 Å². The van der Waals surface area contributed by atoms with Crippen LogP contribution in [-0.4, -0.2) is 16.6 Å². The van der Waals surface area contributed by atoms with E-state index in [0.717, 1.165) is 0 Å². The zero-order valence-electron chi connectivity index (χ0n) is 10.8. The van der Waals surface area contributed by atoms with Gasteiger partial charge in [-0.2, -0.15) is 0 Å². The van der Waals surface area contributed by atoms with Crippen molar-refractivity contribution in [2.45, 2.75) is 6.10 Å². The molecule has 21 heavy (non-hydrogen) atoms. The number of nitrogens with zero attached hydrogens (tertiary/aromatic N) is 1. The topological polar surface area (TPSA) is 75.4 Å². The molecule has 1 unspecified atom stereocenters. The molecule has 0 aliphatic rings. The van der Waals surface area contributed by atoms with Gasteiger partial charge in [-0.3, -0.25) is 10.1 Å².